The predicted octanol–water partition coefficient (Wildman–Crippen LogP) is 2.46. The molecule has 1 aromatic rings. The summed E-state index contributed by atoms with van der Waals surface area (Å²) in [5.41, 5.74) is 0.795. The number of carbonyl (C=O) groups excluding carboxylic acids is 1. The Labute approximate surface area is 118 Å². The maximum absolute atomic E-state index is 12.8. The second-order valence-corrected chi connectivity index (χ2v) is 5.31. The SMILES string of the molecule is CC(O)C1CCCN(C(=O)/C=C/c2ccc(F)cc2)C1. The minimum absolute atomic E-state index is 0.0559. The van der Waals surface area contributed by atoms with E-state index in [1.54, 1.807) is 30.0 Å². The lowest BCUT2D eigenvalue weighted by Crippen LogP contribution is -2.42. The Morgan fingerprint density at radius 1 is 1.45 bits per heavy atom. The van der Waals surface area contributed by atoms with Gasteiger partial charge in [0.15, 0.2) is 0 Å². The van der Waals surface area contributed by atoms with E-state index < -0.39 is 0 Å². The molecule has 1 heterocycles. The molecule has 0 bridgehead atoms. The van der Waals surface area contributed by atoms with Gasteiger partial charge >= 0.3 is 0 Å². The highest BCUT2D eigenvalue weighted by molar-refractivity contribution is 5.91. The standard InChI is InChI=1S/C16H20FNO2/c1-12(19)14-3-2-10-18(11-14)16(20)9-6-13-4-7-15(17)8-5-13/h4-9,12,14,19H,2-3,10-11H2,1H3/b9-6+. The number of benzene rings is 1. The Morgan fingerprint density at radius 3 is 2.80 bits per heavy atom. The smallest absolute Gasteiger partial charge is 0.246 e. The lowest BCUT2D eigenvalue weighted by atomic mass is 9.93. The first-order valence-corrected chi connectivity index (χ1v) is 6.97. The molecule has 2 atom stereocenters. The highest BCUT2D eigenvalue weighted by atomic mass is 19.1. The molecule has 0 spiro atoms. The van der Waals surface area contributed by atoms with E-state index in [0.717, 1.165) is 24.9 Å². The van der Waals surface area contributed by atoms with Gasteiger partial charge in [0.25, 0.3) is 0 Å². The largest absolute Gasteiger partial charge is 0.393 e. The summed E-state index contributed by atoms with van der Waals surface area (Å²) in [4.78, 5) is 13.9. The van der Waals surface area contributed by atoms with Crippen LogP contribution >= 0.6 is 0 Å². The fourth-order valence-electron chi connectivity index (χ4n) is 2.45. The van der Waals surface area contributed by atoms with Crippen LogP contribution in [-0.4, -0.2) is 35.1 Å². The molecule has 0 saturated carbocycles. The predicted molar refractivity (Wildman–Crippen MR) is 76.4 cm³/mol. The van der Waals surface area contributed by atoms with Crippen LogP contribution in [0.3, 0.4) is 0 Å². The number of carbonyl (C=O) groups is 1. The summed E-state index contributed by atoms with van der Waals surface area (Å²) in [6, 6.07) is 6.00. The zero-order valence-electron chi connectivity index (χ0n) is 11.6. The van der Waals surface area contributed by atoms with Crippen molar-refractivity contribution in [3.63, 3.8) is 0 Å². The molecular formula is C16H20FNO2. The van der Waals surface area contributed by atoms with Crippen molar-refractivity contribution in [1.29, 1.82) is 0 Å². The molecule has 1 fully saturated rings. The molecule has 1 aromatic carbocycles. The second kappa shape index (κ2) is 6.66. The number of aliphatic hydroxyl groups is 1. The Hall–Kier alpha value is -1.68. The van der Waals surface area contributed by atoms with Crippen molar-refractivity contribution >= 4 is 12.0 Å². The van der Waals surface area contributed by atoms with E-state index in [2.05, 4.69) is 0 Å². The average molecular weight is 277 g/mol. The molecule has 4 heteroatoms. The minimum atomic E-state index is -0.383. The Balaban J connectivity index is 1.95. The second-order valence-electron chi connectivity index (χ2n) is 5.31. The average Bonchev–Trinajstić information content (AvgIpc) is 2.46. The molecule has 1 aliphatic heterocycles. The van der Waals surface area contributed by atoms with Gasteiger partial charge in [-0.15, -0.1) is 0 Å². The molecule has 20 heavy (non-hydrogen) atoms. The fourth-order valence-corrected chi connectivity index (χ4v) is 2.45. The van der Waals surface area contributed by atoms with Crippen molar-refractivity contribution in [3.05, 3.63) is 41.7 Å². The van der Waals surface area contributed by atoms with Crippen LogP contribution in [0.15, 0.2) is 30.3 Å². The molecular weight excluding hydrogens is 257 g/mol. The number of amides is 1. The van der Waals surface area contributed by atoms with Crippen LogP contribution in [0, 0.1) is 11.7 Å². The molecule has 0 aromatic heterocycles. The number of rotatable bonds is 3. The molecule has 2 rings (SSSR count). The molecule has 3 nitrogen and oxygen atoms in total. The van der Waals surface area contributed by atoms with Crippen LogP contribution in [0.4, 0.5) is 4.39 Å². The van der Waals surface area contributed by atoms with Crippen molar-refractivity contribution in [3.8, 4) is 0 Å². The summed E-state index contributed by atoms with van der Waals surface area (Å²) in [7, 11) is 0. The summed E-state index contributed by atoms with van der Waals surface area (Å²) < 4.78 is 12.8. The third-order valence-corrected chi connectivity index (χ3v) is 3.74. The van der Waals surface area contributed by atoms with Crippen LogP contribution in [0.5, 0.6) is 0 Å². The third-order valence-electron chi connectivity index (χ3n) is 3.74. The summed E-state index contributed by atoms with van der Waals surface area (Å²) in [6.45, 7) is 3.10. The number of piperidine rings is 1. The van der Waals surface area contributed by atoms with Gasteiger partial charge in [0.2, 0.25) is 5.91 Å². The molecule has 0 radical (unpaired) electrons. The summed E-state index contributed by atoms with van der Waals surface area (Å²) >= 11 is 0. The topological polar surface area (TPSA) is 40.5 Å². The number of hydrogen-bond donors (Lipinski definition) is 1. The van der Waals surface area contributed by atoms with Crippen LogP contribution < -0.4 is 0 Å². The van der Waals surface area contributed by atoms with Gasteiger partial charge in [0.05, 0.1) is 6.10 Å². The van der Waals surface area contributed by atoms with Crippen molar-refractivity contribution in [2.24, 2.45) is 5.92 Å². The van der Waals surface area contributed by atoms with Crippen molar-refractivity contribution < 1.29 is 14.3 Å². The van der Waals surface area contributed by atoms with E-state index >= 15 is 0 Å². The minimum Gasteiger partial charge on any atom is -0.393 e. The highest BCUT2D eigenvalue weighted by Crippen LogP contribution is 2.20. The van der Waals surface area contributed by atoms with E-state index in [4.69, 9.17) is 0 Å². The van der Waals surface area contributed by atoms with Gasteiger partial charge in [0.1, 0.15) is 5.82 Å². The van der Waals surface area contributed by atoms with Gasteiger partial charge in [-0.05, 0) is 43.5 Å². The number of aliphatic hydroxyl groups excluding tert-OH is 1. The van der Waals surface area contributed by atoms with E-state index in [9.17, 15) is 14.3 Å². The maximum atomic E-state index is 12.8. The molecule has 1 amide bonds. The van der Waals surface area contributed by atoms with Gasteiger partial charge < -0.3 is 10.0 Å². The first kappa shape index (κ1) is 14.7. The molecule has 108 valence electrons. The van der Waals surface area contributed by atoms with Gasteiger partial charge in [-0.25, -0.2) is 4.39 Å². The van der Waals surface area contributed by atoms with E-state index in [1.807, 2.05) is 0 Å². The van der Waals surface area contributed by atoms with E-state index in [1.165, 1.54) is 18.2 Å². The number of likely N-dealkylation sites (tertiary alicyclic amines) is 1. The molecule has 1 N–H and O–H groups in total. The van der Waals surface area contributed by atoms with Crippen LogP contribution in [0.1, 0.15) is 25.3 Å². The number of nitrogens with zero attached hydrogens (tertiary/aromatic N) is 1. The van der Waals surface area contributed by atoms with Crippen LogP contribution in [0.25, 0.3) is 6.08 Å². The lowest BCUT2D eigenvalue weighted by Gasteiger charge is -2.33. The molecule has 1 aliphatic rings. The van der Waals surface area contributed by atoms with Crippen molar-refractivity contribution in [1.82, 2.24) is 4.90 Å². The van der Waals surface area contributed by atoms with Crippen molar-refractivity contribution in [2.75, 3.05) is 13.1 Å². The number of hydrogen-bond acceptors (Lipinski definition) is 2. The van der Waals surface area contributed by atoms with Crippen LogP contribution in [-0.2, 0) is 4.79 Å². The molecule has 0 aliphatic carbocycles. The summed E-state index contributed by atoms with van der Waals surface area (Å²) in [5, 5.41) is 9.62. The van der Waals surface area contributed by atoms with E-state index in [-0.39, 0.29) is 23.7 Å². The zero-order chi connectivity index (χ0) is 14.5. The first-order chi connectivity index (χ1) is 9.56. The third kappa shape index (κ3) is 3.90. The summed E-state index contributed by atoms with van der Waals surface area (Å²) in [6.07, 6.45) is 4.70. The normalized spacial score (nSPS) is 21.1. The maximum Gasteiger partial charge on any atom is 0.246 e. The highest BCUT2D eigenvalue weighted by Gasteiger charge is 2.25. The Bertz CT molecular complexity index is 482. The van der Waals surface area contributed by atoms with Gasteiger partial charge in [0, 0.05) is 25.1 Å². The Kier molecular flexibility index (Phi) is 4.90. The fraction of sp³-hybridized carbons (Fsp3) is 0.438. The monoisotopic (exact) mass is 277 g/mol. The quantitative estimate of drug-likeness (QED) is 0.862. The van der Waals surface area contributed by atoms with Crippen LogP contribution in [0.2, 0.25) is 0 Å². The Morgan fingerprint density at radius 2 is 2.15 bits per heavy atom. The molecule has 1 saturated heterocycles. The lowest BCUT2D eigenvalue weighted by molar-refractivity contribution is -0.128. The molecule has 2 unspecified atom stereocenters. The van der Waals surface area contributed by atoms with E-state index in [0.29, 0.717) is 6.54 Å². The van der Waals surface area contributed by atoms with Crippen molar-refractivity contribution in [2.45, 2.75) is 25.9 Å². The first-order valence-electron chi connectivity index (χ1n) is 6.97. The summed E-state index contributed by atoms with van der Waals surface area (Å²) in [5.74, 6) is -0.184. The van der Waals surface area contributed by atoms with Gasteiger partial charge in [-0.1, -0.05) is 12.1 Å². The van der Waals surface area contributed by atoms with Gasteiger partial charge in [-0.3, -0.25) is 4.79 Å². The van der Waals surface area contributed by atoms with Gasteiger partial charge in [-0.2, -0.15) is 0 Å². The zero-order valence-corrected chi connectivity index (χ0v) is 11.6. The number of halogens is 1.